The van der Waals surface area contributed by atoms with Crippen molar-refractivity contribution in [2.24, 2.45) is 0 Å². The number of rotatable bonds is 2. The molecule has 1 aromatic rings. The van der Waals surface area contributed by atoms with Gasteiger partial charge < -0.3 is 0 Å². The number of hydrogen-bond acceptors (Lipinski definition) is 6. The van der Waals surface area contributed by atoms with E-state index in [1.165, 1.54) is 23.6 Å². The second-order valence-electron chi connectivity index (χ2n) is 2.13. The monoisotopic (exact) mass is 227 g/mol. The highest BCUT2D eigenvalue weighted by atomic mass is 32.1. The predicted molar refractivity (Wildman–Crippen MR) is 54.3 cm³/mol. The van der Waals surface area contributed by atoms with Crippen LogP contribution in [0.15, 0.2) is 24.3 Å². The highest BCUT2D eigenvalue weighted by Crippen LogP contribution is 2.18. The molecule has 0 N–H and O–H groups in total. The fourth-order valence-electron chi connectivity index (χ4n) is 0.720. The first-order valence-electron chi connectivity index (χ1n) is 3.45. The molecule has 7 nitrogen and oxygen atoms in total. The van der Waals surface area contributed by atoms with Gasteiger partial charge in [-0.05, 0) is 6.07 Å². The molecule has 0 atom stereocenters. The molecule has 1 aromatic carbocycles. The predicted octanol–water partition coefficient (Wildman–Crippen LogP) is 1.90. The van der Waals surface area contributed by atoms with Crippen molar-refractivity contribution in [3.05, 3.63) is 44.5 Å². The van der Waals surface area contributed by atoms with E-state index < -0.39 is 9.85 Å². The number of hydrogen-bond donors (Lipinski definition) is 1. The Bertz CT molecular complexity index is 386. The first kappa shape index (κ1) is 12.9. The van der Waals surface area contributed by atoms with Gasteiger partial charge >= 0.3 is 0 Å². The summed E-state index contributed by atoms with van der Waals surface area (Å²) >= 11 is 3.09. The van der Waals surface area contributed by atoms with Crippen LogP contribution >= 0.6 is 12.6 Å². The number of benzene rings is 1. The fourth-order valence-corrected chi connectivity index (χ4v) is 0.720. The zero-order valence-corrected chi connectivity index (χ0v) is 8.13. The minimum Gasteiger partial charge on any atom is -0.258 e. The Balaban J connectivity index is 0.000000583. The van der Waals surface area contributed by atoms with Gasteiger partial charge in [0.1, 0.15) is 5.40 Å². The quantitative estimate of drug-likeness (QED) is 0.359. The Morgan fingerprint density at radius 3 is 1.80 bits per heavy atom. The average molecular weight is 227 g/mol. The molecule has 78 valence electrons. The van der Waals surface area contributed by atoms with Gasteiger partial charge in [-0.2, -0.15) is 5.26 Å². The maximum Gasteiger partial charge on any atom is 0.276 e. The van der Waals surface area contributed by atoms with E-state index in [2.05, 4.69) is 12.6 Å². The van der Waals surface area contributed by atoms with Crippen molar-refractivity contribution in [3.63, 3.8) is 0 Å². The highest BCUT2D eigenvalue weighted by molar-refractivity contribution is 7.85. The molecule has 0 bridgehead atoms. The maximum atomic E-state index is 10.2. The van der Waals surface area contributed by atoms with Crippen LogP contribution in [0.1, 0.15) is 0 Å². The molecular formula is C7H5N3O4S. The fraction of sp³-hybridized carbons (Fsp3) is 0. The highest BCUT2D eigenvalue weighted by Gasteiger charge is 2.11. The molecule has 0 unspecified atom stereocenters. The van der Waals surface area contributed by atoms with Gasteiger partial charge in [-0.15, -0.1) is 0 Å². The third-order valence-electron chi connectivity index (χ3n) is 1.25. The van der Waals surface area contributed by atoms with Crippen LogP contribution in [0.4, 0.5) is 11.4 Å². The number of thiocyanates is 1. The van der Waals surface area contributed by atoms with Gasteiger partial charge in [-0.1, -0.05) is 12.6 Å². The largest absolute Gasteiger partial charge is 0.276 e. The lowest BCUT2D eigenvalue weighted by molar-refractivity contribution is -0.394. The third-order valence-corrected chi connectivity index (χ3v) is 1.25. The van der Waals surface area contributed by atoms with Crippen molar-refractivity contribution in [1.82, 2.24) is 0 Å². The number of nitriles is 1. The zero-order chi connectivity index (χ0) is 11.8. The van der Waals surface area contributed by atoms with E-state index in [4.69, 9.17) is 5.26 Å². The summed E-state index contributed by atoms with van der Waals surface area (Å²) in [6.07, 6.45) is 0. The summed E-state index contributed by atoms with van der Waals surface area (Å²) in [6.45, 7) is 0. The molecule has 0 fully saturated rings. The molecule has 0 aromatic heterocycles. The van der Waals surface area contributed by atoms with Crippen LogP contribution in [-0.4, -0.2) is 9.85 Å². The molecule has 0 aliphatic carbocycles. The van der Waals surface area contributed by atoms with E-state index in [1.807, 2.05) is 0 Å². The van der Waals surface area contributed by atoms with Crippen LogP contribution in [0.3, 0.4) is 0 Å². The Morgan fingerprint density at radius 2 is 1.53 bits per heavy atom. The average Bonchev–Trinajstić information content (AvgIpc) is 2.19. The number of nitro benzene ring substituents is 2. The second-order valence-corrected chi connectivity index (χ2v) is 2.33. The van der Waals surface area contributed by atoms with Gasteiger partial charge in [0, 0.05) is 12.1 Å². The second kappa shape index (κ2) is 6.33. The lowest BCUT2D eigenvalue weighted by Crippen LogP contribution is -1.91. The summed E-state index contributed by atoms with van der Waals surface area (Å²) in [4.78, 5) is 19.0. The number of non-ortho nitro benzene ring substituents is 2. The molecular weight excluding hydrogens is 222 g/mol. The van der Waals surface area contributed by atoms with Crippen molar-refractivity contribution < 1.29 is 9.85 Å². The van der Waals surface area contributed by atoms with Crippen molar-refractivity contribution in [1.29, 1.82) is 5.26 Å². The SMILES string of the molecule is N#CS.O=[N+]([O-])c1cccc([N+](=O)[O-])c1. The van der Waals surface area contributed by atoms with E-state index in [-0.39, 0.29) is 11.4 Å². The number of thiol groups is 1. The molecule has 0 aliphatic rings. The Labute approximate surface area is 89.7 Å². The minimum atomic E-state index is -0.674. The Kier molecular flexibility index (Phi) is 5.43. The van der Waals surface area contributed by atoms with Crippen LogP contribution in [0, 0.1) is 30.9 Å². The summed E-state index contributed by atoms with van der Waals surface area (Å²) in [5.41, 5.74) is -0.548. The first-order valence-corrected chi connectivity index (χ1v) is 3.89. The summed E-state index contributed by atoms with van der Waals surface area (Å²) in [5, 5.41) is 28.9. The topological polar surface area (TPSA) is 110 Å². The van der Waals surface area contributed by atoms with E-state index in [1.54, 1.807) is 0 Å². The van der Waals surface area contributed by atoms with Gasteiger partial charge in [0.05, 0.1) is 15.9 Å². The lowest BCUT2D eigenvalue weighted by Gasteiger charge is -1.90. The van der Waals surface area contributed by atoms with Gasteiger partial charge in [0.2, 0.25) is 0 Å². The standard InChI is InChI=1S/C6H4N2O4.CHNS/c9-7(10)5-2-1-3-6(4-5)8(11)12;2-1-3/h1-4H;3H. The van der Waals surface area contributed by atoms with Crippen LogP contribution < -0.4 is 0 Å². The van der Waals surface area contributed by atoms with Crippen molar-refractivity contribution in [2.75, 3.05) is 0 Å². The molecule has 0 saturated heterocycles. The first-order chi connectivity index (χ1) is 7.02. The molecule has 0 aliphatic heterocycles. The van der Waals surface area contributed by atoms with Crippen molar-refractivity contribution in [2.45, 2.75) is 0 Å². The normalized spacial score (nSPS) is 8.00. The molecule has 0 spiro atoms. The lowest BCUT2D eigenvalue weighted by atomic mass is 10.3. The van der Waals surface area contributed by atoms with Gasteiger partial charge in [-0.25, -0.2) is 0 Å². The molecule has 0 radical (unpaired) electrons. The van der Waals surface area contributed by atoms with Crippen molar-refractivity contribution >= 4 is 24.0 Å². The molecule has 1 rings (SSSR count). The van der Waals surface area contributed by atoms with Gasteiger partial charge in [-0.3, -0.25) is 20.2 Å². The Morgan fingerprint density at radius 1 is 1.20 bits per heavy atom. The van der Waals surface area contributed by atoms with Crippen LogP contribution in [0.5, 0.6) is 0 Å². The minimum absolute atomic E-state index is 0.274. The zero-order valence-electron chi connectivity index (χ0n) is 7.23. The van der Waals surface area contributed by atoms with Crippen LogP contribution in [0.25, 0.3) is 0 Å². The van der Waals surface area contributed by atoms with Crippen LogP contribution in [0.2, 0.25) is 0 Å². The summed E-state index contributed by atoms with van der Waals surface area (Å²) in [7, 11) is 0. The van der Waals surface area contributed by atoms with Gasteiger partial charge in [0.15, 0.2) is 0 Å². The molecule has 0 amide bonds. The summed E-state index contributed by atoms with van der Waals surface area (Å²) < 4.78 is 0. The Hall–Kier alpha value is -2.14. The third kappa shape index (κ3) is 4.58. The number of nitrogens with zero attached hydrogens (tertiary/aromatic N) is 3. The van der Waals surface area contributed by atoms with Gasteiger partial charge in [0.25, 0.3) is 11.4 Å². The summed E-state index contributed by atoms with van der Waals surface area (Å²) in [6, 6.07) is 4.59. The van der Waals surface area contributed by atoms with Crippen molar-refractivity contribution in [3.8, 4) is 5.40 Å². The molecule has 15 heavy (non-hydrogen) atoms. The number of nitro groups is 2. The molecule has 0 saturated carbocycles. The molecule has 8 heteroatoms. The van der Waals surface area contributed by atoms with E-state index in [9.17, 15) is 20.2 Å². The van der Waals surface area contributed by atoms with Crippen LogP contribution in [-0.2, 0) is 0 Å². The molecule has 0 heterocycles. The maximum absolute atomic E-state index is 10.2. The van der Waals surface area contributed by atoms with E-state index >= 15 is 0 Å². The summed E-state index contributed by atoms with van der Waals surface area (Å²) in [5.74, 6) is 0. The van der Waals surface area contributed by atoms with E-state index in [0.717, 1.165) is 6.07 Å². The van der Waals surface area contributed by atoms with E-state index in [0.29, 0.717) is 0 Å². The smallest absolute Gasteiger partial charge is 0.258 e.